The molecule has 0 saturated carbocycles. The van der Waals surface area contributed by atoms with Crippen LogP contribution in [-0.2, 0) is 17.8 Å². The van der Waals surface area contributed by atoms with Crippen LogP contribution in [0.25, 0.3) is 0 Å². The van der Waals surface area contributed by atoms with E-state index >= 15 is 0 Å². The van der Waals surface area contributed by atoms with Crippen molar-refractivity contribution >= 4 is 11.7 Å². The number of amides is 2. The number of urea groups is 1. The molecule has 0 aliphatic carbocycles. The summed E-state index contributed by atoms with van der Waals surface area (Å²) in [6.07, 6.45) is 6.94. The number of rotatable bonds is 5. The molecule has 3 rings (SSSR count). The number of aromatic nitrogens is 2. The lowest BCUT2D eigenvalue weighted by molar-refractivity contribution is 0.00401. The van der Waals surface area contributed by atoms with E-state index in [-0.39, 0.29) is 18.0 Å². The van der Waals surface area contributed by atoms with Gasteiger partial charge >= 0.3 is 6.03 Å². The molecule has 2 aromatic rings. The first-order valence-corrected chi connectivity index (χ1v) is 8.12. The van der Waals surface area contributed by atoms with Gasteiger partial charge in [0.15, 0.2) is 0 Å². The van der Waals surface area contributed by atoms with E-state index in [0.717, 1.165) is 25.0 Å². The first-order valence-electron chi connectivity index (χ1n) is 8.12. The summed E-state index contributed by atoms with van der Waals surface area (Å²) in [4.78, 5) is 11.9. The van der Waals surface area contributed by atoms with Crippen LogP contribution in [0.4, 0.5) is 14.9 Å². The summed E-state index contributed by atoms with van der Waals surface area (Å²) in [5.74, 6) is -0.294. The molecule has 1 aromatic carbocycles. The normalized spacial score (nSPS) is 17.5. The quantitative estimate of drug-likeness (QED) is 0.884. The second-order valence-corrected chi connectivity index (χ2v) is 5.87. The van der Waals surface area contributed by atoms with Crippen LogP contribution in [0.1, 0.15) is 24.8 Å². The predicted molar refractivity (Wildman–Crippen MR) is 88.1 cm³/mol. The highest BCUT2D eigenvalue weighted by molar-refractivity contribution is 5.88. The predicted octanol–water partition coefficient (Wildman–Crippen LogP) is 2.91. The number of nitrogens with zero attached hydrogens (tertiary/aromatic N) is 2. The third kappa shape index (κ3) is 4.79. The number of hydrogen-bond acceptors (Lipinski definition) is 3. The van der Waals surface area contributed by atoms with Crippen LogP contribution in [0.5, 0.6) is 0 Å². The second-order valence-electron chi connectivity index (χ2n) is 5.87. The van der Waals surface area contributed by atoms with Crippen molar-refractivity contribution in [1.82, 2.24) is 15.1 Å². The minimum atomic E-state index is -0.326. The van der Waals surface area contributed by atoms with Crippen LogP contribution in [0.15, 0.2) is 36.7 Å². The molecule has 0 bridgehead atoms. The van der Waals surface area contributed by atoms with E-state index in [9.17, 15) is 9.18 Å². The Balaban J connectivity index is 1.45. The number of anilines is 1. The fourth-order valence-corrected chi connectivity index (χ4v) is 2.65. The topological polar surface area (TPSA) is 68.2 Å². The zero-order chi connectivity index (χ0) is 16.8. The number of benzene rings is 1. The van der Waals surface area contributed by atoms with Crippen molar-refractivity contribution in [3.05, 3.63) is 48.0 Å². The minimum Gasteiger partial charge on any atom is -0.376 e. The molecular formula is C17H21FN4O2. The first kappa shape index (κ1) is 16.4. The monoisotopic (exact) mass is 332 g/mol. The van der Waals surface area contributed by atoms with Crippen molar-refractivity contribution in [2.45, 2.75) is 38.5 Å². The lowest BCUT2D eigenvalue weighted by Gasteiger charge is -2.22. The summed E-state index contributed by atoms with van der Waals surface area (Å²) in [7, 11) is 0. The molecule has 0 radical (unpaired) electrons. The lowest BCUT2D eigenvalue weighted by atomic mass is 10.1. The maximum atomic E-state index is 12.8. The Morgan fingerprint density at radius 3 is 2.92 bits per heavy atom. The van der Waals surface area contributed by atoms with E-state index in [1.54, 1.807) is 29.2 Å². The van der Waals surface area contributed by atoms with Gasteiger partial charge in [-0.3, -0.25) is 4.68 Å². The Morgan fingerprint density at radius 1 is 1.33 bits per heavy atom. The highest BCUT2D eigenvalue weighted by Gasteiger charge is 2.15. The summed E-state index contributed by atoms with van der Waals surface area (Å²) in [6.45, 7) is 1.83. The van der Waals surface area contributed by atoms with Gasteiger partial charge in [-0.15, -0.1) is 0 Å². The fourth-order valence-electron chi connectivity index (χ4n) is 2.65. The van der Waals surface area contributed by atoms with Crippen molar-refractivity contribution in [2.75, 3.05) is 11.9 Å². The third-order valence-electron chi connectivity index (χ3n) is 3.92. The van der Waals surface area contributed by atoms with Gasteiger partial charge in [0.2, 0.25) is 0 Å². The van der Waals surface area contributed by atoms with Gasteiger partial charge in [-0.05, 0) is 37.0 Å². The van der Waals surface area contributed by atoms with E-state index < -0.39 is 0 Å². The molecule has 1 aliphatic rings. The molecule has 24 heavy (non-hydrogen) atoms. The van der Waals surface area contributed by atoms with Crippen LogP contribution in [0.3, 0.4) is 0 Å². The summed E-state index contributed by atoms with van der Waals surface area (Å²) in [6, 6.07) is 5.68. The molecule has 1 saturated heterocycles. The third-order valence-corrected chi connectivity index (χ3v) is 3.92. The molecule has 0 spiro atoms. The van der Waals surface area contributed by atoms with Gasteiger partial charge in [-0.25, -0.2) is 9.18 Å². The Kier molecular flexibility index (Phi) is 5.43. The molecule has 0 unspecified atom stereocenters. The summed E-state index contributed by atoms with van der Waals surface area (Å²) in [5.41, 5.74) is 1.46. The number of carbonyl (C=O) groups is 1. The minimum absolute atomic E-state index is 0.193. The smallest absolute Gasteiger partial charge is 0.319 e. The highest BCUT2D eigenvalue weighted by Crippen LogP contribution is 2.15. The molecule has 128 valence electrons. The molecule has 2 heterocycles. The zero-order valence-corrected chi connectivity index (χ0v) is 13.4. The second kappa shape index (κ2) is 7.92. The first-order chi connectivity index (χ1) is 11.7. The average molecular weight is 332 g/mol. The Morgan fingerprint density at radius 2 is 2.17 bits per heavy atom. The van der Waals surface area contributed by atoms with Crippen LogP contribution in [-0.4, -0.2) is 28.5 Å². The molecule has 7 heteroatoms. The Hall–Kier alpha value is -2.41. The molecule has 2 N–H and O–H groups in total. The van der Waals surface area contributed by atoms with Gasteiger partial charge in [0.1, 0.15) is 5.82 Å². The Labute approximate surface area is 140 Å². The SMILES string of the molecule is O=C(NCc1ccc(F)cc1)Nc1cnn(C[C@H]2CCCCO2)c1. The molecule has 1 aromatic heterocycles. The number of halogens is 1. The molecule has 1 fully saturated rings. The van der Waals surface area contributed by atoms with E-state index in [1.807, 2.05) is 0 Å². The average Bonchev–Trinajstić information content (AvgIpc) is 3.02. The van der Waals surface area contributed by atoms with E-state index in [1.165, 1.54) is 18.6 Å². The molecule has 6 nitrogen and oxygen atoms in total. The van der Waals surface area contributed by atoms with Gasteiger partial charge in [-0.2, -0.15) is 5.10 Å². The van der Waals surface area contributed by atoms with Crippen molar-refractivity contribution in [3.8, 4) is 0 Å². The largest absolute Gasteiger partial charge is 0.376 e. The fraction of sp³-hybridized carbons (Fsp3) is 0.412. The number of carbonyl (C=O) groups excluding carboxylic acids is 1. The molecule has 2 amide bonds. The van der Waals surface area contributed by atoms with Gasteiger partial charge in [0.05, 0.1) is 24.5 Å². The number of nitrogens with one attached hydrogen (secondary N) is 2. The van der Waals surface area contributed by atoms with E-state index in [0.29, 0.717) is 18.8 Å². The van der Waals surface area contributed by atoms with Crippen LogP contribution in [0.2, 0.25) is 0 Å². The van der Waals surface area contributed by atoms with Crippen LogP contribution in [0, 0.1) is 5.82 Å². The van der Waals surface area contributed by atoms with Crippen LogP contribution >= 0.6 is 0 Å². The van der Waals surface area contributed by atoms with Crippen molar-refractivity contribution < 1.29 is 13.9 Å². The van der Waals surface area contributed by atoms with Gasteiger partial charge < -0.3 is 15.4 Å². The van der Waals surface area contributed by atoms with Gasteiger partial charge in [0.25, 0.3) is 0 Å². The van der Waals surface area contributed by atoms with Crippen molar-refractivity contribution in [1.29, 1.82) is 0 Å². The summed E-state index contributed by atoms with van der Waals surface area (Å²) < 4.78 is 20.3. The van der Waals surface area contributed by atoms with Crippen molar-refractivity contribution in [2.24, 2.45) is 0 Å². The van der Waals surface area contributed by atoms with Gasteiger partial charge in [-0.1, -0.05) is 12.1 Å². The highest BCUT2D eigenvalue weighted by atomic mass is 19.1. The van der Waals surface area contributed by atoms with Crippen LogP contribution < -0.4 is 10.6 Å². The molecular weight excluding hydrogens is 311 g/mol. The number of ether oxygens (including phenoxy) is 1. The van der Waals surface area contributed by atoms with Gasteiger partial charge in [0, 0.05) is 19.3 Å². The van der Waals surface area contributed by atoms with E-state index in [4.69, 9.17) is 4.74 Å². The standard InChI is InChI=1S/C17H21FN4O2/c18-14-6-4-13(5-7-14)9-19-17(23)21-15-10-20-22(11-15)12-16-3-1-2-8-24-16/h4-7,10-11,16H,1-3,8-9,12H2,(H2,19,21,23)/t16-/m1/s1. The zero-order valence-electron chi connectivity index (χ0n) is 13.4. The maximum Gasteiger partial charge on any atom is 0.319 e. The van der Waals surface area contributed by atoms with E-state index in [2.05, 4.69) is 15.7 Å². The summed E-state index contributed by atoms with van der Waals surface area (Å²) >= 11 is 0. The molecule has 1 aliphatic heterocycles. The lowest BCUT2D eigenvalue weighted by Crippen LogP contribution is -2.28. The summed E-state index contributed by atoms with van der Waals surface area (Å²) in [5, 5.41) is 9.70. The Bertz CT molecular complexity index is 665. The maximum absolute atomic E-state index is 12.8. The molecule has 1 atom stereocenters. The van der Waals surface area contributed by atoms with Crippen molar-refractivity contribution in [3.63, 3.8) is 0 Å². The number of hydrogen-bond donors (Lipinski definition) is 2.